The lowest BCUT2D eigenvalue weighted by Crippen LogP contribution is -2.49. The highest BCUT2D eigenvalue weighted by molar-refractivity contribution is 5.76. The van der Waals surface area contributed by atoms with Crippen LogP contribution in [0, 0.1) is 5.92 Å². The van der Waals surface area contributed by atoms with Gasteiger partial charge >= 0.3 is 0 Å². The van der Waals surface area contributed by atoms with Crippen LogP contribution >= 0.6 is 0 Å². The molecule has 28 heavy (non-hydrogen) atoms. The van der Waals surface area contributed by atoms with Crippen LogP contribution in [0.1, 0.15) is 57.4 Å². The second-order valence-corrected chi connectivity index (χ2v) is 8.79. The molecule has 5 heteroatoms. The van der Waals surface area contributed by atoms with Crippen molar-refractivity contribution in [3.63, 3.8) is 0 Å². The summed E-state index contributed by atoms with van der Waals surface area (Å²) in [4.78, 5) is 14.7. The molecule has 1 aromatic rings. The first-order valence-corrected chi connectivity index (χ1v) is 11.0. The fraction of sp³-hybridized carbons (Fsp3) is 0.696. The van der Waals surface area contributed by atoms with E-state index < -0.39 is 0 Å². The number of carbonyl (C=O) groups excluding carboxylic acids is 1. The molecule has 1 aromatic carbocycles. The molecule has 4 rings (SSSR count). The van der Waals surface area contributed by atoms with Crippen molar-refractivity contribution in [3.05, 3.63) is 29.8 Å². The fourth-order valence-electron chi connectivity index (χ4n) is 4.71. The third kappa shape index (κ3) is 5.26. The minimum atomic E-state index is -0.00749. The number of nitrogens with one attached hydrogen (secondary N) is 1. The van der Waals surface area contributed by atoms with E-state index in [2.05, 4.69) is 28.4 Å². The number of likely N-dealkylation sites (tertiary alicyclic amines) is 1. The zero-order valence-electron chi connectivity index (χ0n) is 17.1. The average Bonchev–Trinajstić information content (AvgIpc) is 3.48. The Morgan fingerprint density at radius 3 is 2.86 bits per heavy atom. The Labute approximate surface area is 168 Å². The maximum absolute atomic E-state index is 12.2. The first kappa shape index (κ1) is 19.7. The second-order valence-electron chi connectivity index (χ2n) is 8.79. The van der Waals surface area contributed by atoms with E-state index in [4.69, 9.17) is 9.47 Å². The van der Waals surface area contributed by atoms with E-state index in [1.54, 1.807) is 0 Å². The predicted molar refractivity (Wildman–Crippen MR) is 109 cm³/mol. The minimum Gasteiger partial charge on any atom is -0.494 e. The zero-order valence-corrected chi connectivity index (χ0v) is 17.1. The van der Waals surface area contributed by atoms with Crippen LogP contribution in [0.15, 0.2) is 24.3 Å². The molecule has 1 atom stereocenters. The Morgan fingerprint density at radius 2 is 2.11 bits per heavy atom. The normalized spacial score (nSPS) is 24.8. The molecule has 1 unspecified atom stereocenters. The molecule has 1 amide bonds. The Bertz CT molecular complexity index is 666. The van der Waals surface area contributed by atoms with E-state index >= 15 is 0 Å². The summed E-state index contributed by atoms with van der Waals surface area (Å²) in [5, 5.41) is 3.14. The van der Waals surface area contributed by atoms with Crippen LogP contribution in [0.25, 0.3) is 0 Å². The predicted octanol–water partition coefficient (Wildman–Crippen LogP) is 3.52. The Balaban J connectivity index is 1.26. The van der Waals surface area contributed by atoms with Gasteiger partial charge in [-0.25, -0.2) is 0 Å². The zero-order chi connectivity index (χ0) is 19.4. The molecule has 1 N–H and O–H groups in total. The van der Waals surface area contributed by atoms with Gasteiger partial charge in [0, 0.05) is 38.7 Å². The van der Waals surface area contributed by atoms with Crippen LogP contribution in [-0.2, 0) is 16.1 Å². The summed E-state index contributed by atoms with van der Waals surface area (Å²) in [5.41, 5.74) is 1.30. The molecule has 5 nitrogen and oxygen atoms in total. The number of hydrogen-bond acceptors (Lipinski definition) is 4. The summed E-state index contributed by atoms with van der Waals surface area (Å²) in [7, 11) is 0. The standard InChI is InChI=1S/C23H34N2O3/c1-2-27-21-5-3-4-19(14-21)17-25-11-9-23(10-12-25)16-18(8-13-28-23)15-22(26)24-20-6-7-20/h3-5,14,18,20H,2,6-13,15-17H2,1H3,(H,24,26). The fourth-order valence-corrected chi connectivity index (χ4v) is 4.71. The molecule has 0 bridgehead atoms. The maximum Gasteiger partial charge on any atom is 0.220 e. The largest absolute Gasteiger partial charge is 0.494 e. The SMILES string of the molecule is CCOc1cccc(CN2CCC3(CC2)CC(CC(=O)NC2CC2)CCO3)c1. The van der Waals surface area contributed by atoms with Gasteiger partial charge in [0.15, 0.2) is 0 Å². The molecule has 1 aliphatic carbocycles. The number of hydrogen-bond donors (Lipinski definition) is 1. The average molecular weight is 387 g/mol. The molecule has 154 valence electrons. The van der Waals surface area contributed by atoms with E-state index in [0.717, 1.165) is 70.5 Å². The summed E-state index contributed by atoms with van der Waals surface area (Å²) in [6, 6.07) is 8.89. The van der Waals surface area contributed by atoms with Crippen LogP contribution in [0.4, 0.5) is 0 Å². The lowest BCUT2D eigenvalue weighted by atomic mass is 9.78. The number of rotatable bonds is 7. The van der Waals surface area contributed by atoms with Crippen molar-refractivity contribution in [2.75, 3.05) is 26.3 Å². The van der Waals surface area contributed by atoms with Crippen molar-refractivity contribution in [1.82, 2.24) is 10.2 Å². The minimum absolute atomic E-state index is 0.00749. The highest BCUT2D eigenvalue weighted by Gasteiger charge is 2.40. The van der Waals surface area contributed by atoms with Crippen molar-refractivity contribution in [2.24, 2.45) is 5.92 Å². The van der Waals surface area contributed by atoms with Gasteiger partial charge in [0.05, 0.1) is 12.2 Å². The molecule has 2 saturated heterocycles. The van der Waals surface area contributed by atoms with Gasteiger partial charge in [-0.15, -0.1) is 0 Å². The third-order valence-electron chi connectivity index (χ3n) is 6.39. The lowest BCUT2D eigenvalue weighted by molar-refractivity contribution is -0.136. The molecule has 2 heterocycles. The maximum atomic E-state index is 12.2. The number of benzene rings is 1. The Kier molecular flexibility index (Phi) is 6.22. The van der Waals surface area contributed by atoms with E-state index in [9.17, 15) is 4.79 Å². The first-order valence-electron chi connectivity index (χ1n) is 11.0. The van der Waals surface area contributed by atoms with Crippen LogP contribution in [0.5, 0.6) is 5.75 Å². The highest BCUT2D eigenvalue weighted by Crippen LogP contribution is 2.39. The molecule has 1 saturated carbocycles. The van der Waals surface area contributed by atoms with Crippen molar-refractivity contribution >= 4 is 5.91 Å². The van der Waals surface area contributed by atoms with E-state index in [-0.39, 0.29) is 11.5 Å². The lowest BCUT2D eigenvalue weighted by Gasteiger charge is -2.46. The van der Waals surface area contributed by atoms with Gasteiger partial charge < -0.3 is 14.8 Å². The van der Waals surface area contributed by atoms with Crippen molar-refractivity contribution in [1.29, 1.82) is 0 Å². The van der Waals surface area contributed by atoms with Crippen LogP contribution in [0.2, 0.25) is 0 Å². The monoisotopic (exact) mass is 386 g/mol. The van der Waals surface area contributed by atoms with E-state index in [1.807, 2.05) is 13.0 Å². The molecular weight excluding hydrogens is 352 g/mol. The number of amides is 1. The number of piperidine rings is 1. The summed E-state index contributed by atoms with van der Waals surface area (Å²) in [6.45, 7) is 6.60. The van der Waals surface area contributed by atoms with Gasteiger partial charge in [-0.3, -0.25) is 9.69 Å². The van der Waals surface area contributed by atoms with Gasteiger partial charge in [0.2, 0.25) is 5.91 Å². The summed E-state index contributed by atoms with van der Waals surface area (Å²) < 4.78 is 11.9. The molecular formula is C23H34N2O3. The van der Waals surface area contributed by atoms with Crippen LogP contribution in [-0.4, -0.2) is 48.8 Å². The van der Waals surface area contributed by atoms with Crippen molar-refractivity contribution < 1.29 is 14.3 Å². The first-order chi connectivity index (χ1) is 13.6. The molecule has 3 fully saturated rings. The quantitative estimate of drug-likeness (QED) is 0.779. The Hall–Kier alpha value is -1.59. The van der Waals surface area contributed by atoms with E-state index in [0.29, 0.717) is 25.0 Å². The number of carbonyl (C=O) groups is 1. The molecule has 0 aromatic heterocycles. The molecule has 1 spiro atoms. The smallest absolute Gasteiger partial charge is 0.220 e. The summed E-state index contributed by atoms with van der Waals surface area (Å²) in [5.74, 6) is 1.68. The molecule has 3 aliphatic rings. The van der Waals surface area contributed by atoms with E-state index in [1.165, 1.54) is 5.56 Å². The number of nitrogens with zero attached hydrogens (tertiary/aromatic N) is 1. The molecule has 2 aliphatic heterocycles. The van der Waals surface area contributed by atoms with Gasteiger partial charge in [-0.1, -0.05) is 12.1 Å². The van der Waals surface area contributed by atoms with Crippen molar-refractivity contribution in [3.8, 4) is 5.75 Å². The highest BCUT2D eigenvalue weighted by atomic mass is 16.5. The van der Waals surface area contributed by atoms with Gasteiger partial charge in [0.1, 0.15) is 5.75 Å². The van der Waals surface area contributed by atoms with Crippen LogP contribution in [0.3, 0.4) is 0 Å². The van der Waals surface area contributed by atoms with Gasteiger partial charge in [-0.2, -0.15) is 0 Å². The third-order valence-corrected chi connectivity index (χ3v) is 6.39. The van der Waals surface area contributed by atoms with Crippen LogP contribution < -0.4 is 10.1 Å². The van der Waals surface area contributed by atoms with Gasteiger partial charge in [0.25, 0.3) is 0 Å². The molecule has 0 radical (unpaired) electrons. The summed E-state index contributed by atoms with van der Waals surface area (Å²) in [6.07, 6.45) is 7.19. The second kappa shape index (κ2) is 8.83. The van der Waals surface area contributed by atoms with Gasteiger partial charge in [-0.05, 0) is 69.1 Å². The Morgan fingerprint density at radius 1 is 1.29 bits per heavy atom. The number of ether oxygens (including phenoxy) is 2. The van der Waals surface area contributed by atoms with Crippen molar-refractivity contribution in [2.45, 2.75) is 70.1 Å². The summed E-state index contributed by atoms with van der Waals surface area (Å²) >= 11 is 0. The topological polar surface area (TPSA) is 50.8 Å².